The van der Waals surface area contributed by atoms with Crippen LogP contribution in [0.15, 0.2) is 22.7 Å². The molecule has 0 bridgehead atoms. The Kier molecular flexibility index (Phi) is 3.58. The summed E-state index contributed by atoms with van der Waals surface area (Å²) < 4.78 is 27.4. The van der Waals surface area contributed by atoms with Crippen LogP contribution in [0.3, 0.4) is 0 Å². The van der Waals surface area contributed by atoms with E-state index >= 15 is 0 Å². The molecule has 1 N–H and O–H groups in total. The van der Waals surface area contributed by atoms with Gasteiger partial charge in [-0.1, -0.05) is 0 Å². The summed E-state index contributed by atoms with van der Waals surface area (Å²) in [5, 5.41) is 8.76. The van der Waals surface area contributed by atoms with E-state index in [0.717, 1.165) is 11.0 Å². The van der Waals surface area contributed by atoms with Crippen LogP contribution < -0.4 is 0 Å². The summed E-state index contributed by atoms with van der Waals surface area (Å²) >= 11 is 3.11. The van der Waals surface area contributed by atoms with E-state index in [-0.39, 0.29) is 18.5 Å². The zero-order chi connectivity index (χ0) is 14.2. The molecule has 1 aliphatic rings. The first-order valence-corrected chi connectivity index (χ1v) is 6.29. The van der Waals surface area contributed by atoms with E-state index in [4.69, 9.17) is 5.11 Å². The van der Waals surface area contributed by atoms with Gasteiger partial charge in [0.2, 0.25) is 5.67 Å². The van der Waals surface area contributed by atoms with Crippen LogP contribution >= 0.6 is 15.9 Å². The molecule has 0 aromatic heterocycles. The number of hydrogen-bond donors (Lipinski definition) is 1. The molecule has 1 unspecified atom stereocenters. The third kappa shape index (κ3) is 2.60. The third-order valence-corrected chi connectivity index (χ3v) is 3.74. The van der Waals surface area contributed by atoms with Crippen molar-refractivity contribution in [1.29, 1.82) is 0 Å². The minimum Gasteiger partial charge on any atom is -0.479 e. The highest BCUT2D eigenvalue weighted by molar-refractivity contribution is 9.10. The Bertz CT molecular complexity index is 552. The summed E-state index contributed by atoms with van der Waals surface area (Å²) in [7, 11) is 0. The van der Waals surface area contributed by atoms with E-state index in [1.807, 2.05) is 0 Å². The van der Waals surface area contributed by atoms with Crippen LogP contribution in [0.25, 0.3) is 0 Å². The maximum atomic E-state index is 13.9. The molecule has 1 atom stereocenters. The molecule has 4 nitrogen and oxygen atoms in total. The number of carbonyl (C=O) groups excluding carboxylic acids is 1. The SMILES string of the molecule is O=C(c1cc(F)ccc1Br)N1CCC(F)(C(=O)O)C1. The van der Waals surface area contributed by atoms with Gasteiger partial charge in [-0.25, -0.2) is 13.6 Å². The summed E-state index contributed by atoms with van der Waals surface area (Å²) in [6, 6.07) is 3.59. The lowest BCUT2D eigenvalue weighted by atomic mass is 10.1. The number of benzene rings is 1. The fourth-order valence-electron chi connectivity index (χ4n) is 1.95. The molecule has 1 fully saturated rings. The molecule has 19 heavy (non-hydrogen) atoms. The molecule has 0 spiro atoms. The number of rotatable bonds is 2. The Hall–Kier alpha value is -1.50. The van der Waals surface area contributed by atoms with Gasteiger partial charge in [0.15, 0.2) is 0 Å². The molecule has 1 aromatic rings. The van der Waals surface area contributed by atoms with Crippen LogP contribution in [0.2, 0.25) is 0 Å². The number of nitrogens with zero attached hydrogens (tertiary/aromatic N) is 1. The third-order valence-electron chi connectivity index (χ3n) is 3.05. The second kappa shape index (κ2) is 4.88. The van der Waals surface area contributed by atoms with E-state index < -0.39 is 29.9 Å². The molecule has 0 radical (unpaired) electrons. The number of carbonyl (C=O) groups is 2. The van der Waals surface area contributed by atoms with Crippen molar-refractivity contribution in [2.24, 2.45) is 0 Å². The monoisotopic (exact) mass is 333 g/mol. The van der Waals surface area contributed by atoms with Crippen molar-refractivity contribution in [3.63, 3.8) is 0 Å². The van der Waals surface area contributed by atoms with Crippen molar-refractivity contribution in [1.82, 2.24) is 4.90 Å². The van der Waals surface area contributed by atoms with Crippen molar-refractivity contribution in [3.8, 4) is 0 Å². The number of halogens is 3. The van der Waals surface area contributed by atoms with E-state index in [1.165, 1.54) is 12.1 Å². The summed E-state index contributed by atoms with van der Waals surface area (Å²) in [5.41, 5.74) is -2.37. The normalized spacial score (nSPS) is 22.6. The van der Waals surface area contributed by atoms with Crippen molar-refractivity contribution < 1.29 is 23.5 Å². The largest absolute Gasteiger partial charge is 0.479 e. The van der Waals surface area contributed by atoms with Gasteiger partial charge in [-0.05, 0) is 34.1 Å². The lowest BCUT2D eigenvalue weighted by Crippen LogP contribution is -2.39. The van der Waals surface area contributed by atoms with E-state index in [2.05, 4.69) is 15.9 Å². The molecule has 2 rings (SSSR count). The Balaban J connectivity index is 2.22. The molecule has 1 aliphatic heterocycles. The van der Waals surface area contributed by atoms with Crippen LogP contribution in [0.1, 0.15) is 16.8 Å². The van der Waals surface area contributed by atoms with Crippen LogP contribution in [-0.4, -0.2) is 40.6 Å². The van der Waals surface area contributed by atoms with E-state index in [0.29, 0.717) is 4.47 Å². The average molecular weight is 334 g/mol. The number of carboxylic acids is 1. The second-order valence-electron chi connectivity index (χ2n) is 4.37. The number of carboxylic acid groups (broad SMARTS) is 1. The Morgan fingerprint density at radius 1 is 1.42 bits per heavy atom. The van der Waals surface area contributed by atoms with Gasteiger partial charge in [0, 0.05) is 17.4 Å². The maximum absolute atomic E-state index is 13.9. The first kappa shape index (κ1) is 13.9. The summed E-state index contributed by atoms with van der Waals surface area (Å²) in [5.74, 6) is -2.76. The fraction of sp³-hybridized carbons (Fsp3) is 0.333. The highest BCUT2D eigenvalue weighted by Crippen LogP contribution is 2.28. The molecular weight excluding hydrogens is 324 g/mol. The first-order valence-electron chi connectivity index (χ1n) is 5.50. The zero-order valence-corrected chi connectivity index (χ0v) is 11.3. The smallest absolute Gasteiger partial charge is 0.343 e. The van der Waals surface area contributed by atoms with Crippen molar-refractivity contribution >= 4 is 27.8 Å². The van der Waals surface area contributed by atoms with Crippen LogP contribution in [0.5, 0.6) is 0 Å². The van der Waals surface area contributed by atoms with Gasteiger partial charge in [0.25, 0.3) is 5.91 Å². The predicted molar refractivity (Wildman–Crippen MR) is 66.1 cm³/mol. The molecule has 0 saturated carbocycles. The van der Waals surface area contributed by atoms with Gasteiger partial charge in [-0.3, -0.25) is 4.79 Å². The van der Waals surface area contributed by atoms with E-state index in [9.17, 15) is 18.4 Å². The Morgan fingerprint density at radius 3 is 2.68 bits per heavy atom. The molecule has 1 amide bonds. The molecule has 1 saturated heterocycles. The molecule has 102 valence electrons. The van der Waals surface area contributed by atoms with Gasteiger partial charge in [0.1, 0.15) is 5.82 Å². The summed E-state index contributed by atoms with van der Waals surface area (Å²) in [4.78, 5) is 23.9. The van der Waals surface area contributed by atoms with Gasteiger partial charge >= 0.3 is 5.97 Å². The number of aliphatic carboxylic acids is 1. The topological polar surface area (TPSA) is 57.6 Å². The first-order chi connectivity index (χ1) is 8.83. The molecule has 1 heterocycles. The van der Waals surface area contributed by atoms with Crippen LogP contribution in [0, 0.1) is 5.82 Å². The highest BCUT2D eigenvalue weighted by Gasteiger charge is 2.47. The Morgan fingerprint density at radius 2 is 2.11 bits per heavy atom. The van der Waals surface area contributed by atoms with Crippen LogP contribution in [-0.2, 0) is 4.79 Å². The fourth-order valence-corrected chi connectivity index (χ4v) is 2.37. The summed E-state index contributed by atoms with van der Waals surface area (Å²) in [6.07, 6.45) is -0.263. The maximum Gasteiger partial charge on any atom is 0.343 e. The van der Waals surface area contributed by atoms with Gasteiger partial charge in [0.05, 0.1) is 12.1 Å². The number of amides is 1. The Labute approximate surface area is 116 Å². The quantitative estimate of drug-likeness (QED) is 0.902. The van der Waals surface area contributed by atoms with Gasteiger partial charge in [-0.15, -0.1) is 0 Å². The minimum absolute atomic E-state index is 0.00934. The molecular formula is C12H10BrF2NO3. The van der Waals surface area contributed by atoms with Gasteiger partial charge < -0.3 is 10.0 Å². The standard InChI is InChI=1S/C12H10BrF2NO3/c13-9-2-1-7(14)5-8(9)10(17)16-4-3-12(15,6-16)11(18)19/h1-2,5H,3-4,6H2,(H,18,19). The summed E-state index contributed by atoms with van der Waals surface area (Å²) in [6.45, 7) is -0.533. The molecule has 7 heteroatoms. The average Bonchev–Trinajstić information content (AvgIpc) is 2.76. The van der Waals surface area contributed by atoms with E-state index in [1.54, 1.807) is 0 Å². The number of alkyl halides is 1. The number of likely N-dealkylation sites (tertiary alicyclic amines) is 1. The highest BCUT2D eigenvalue weighted by atomic mass is 79.9. The zero-order valence-electron chi connectivity index (χ0n) is 9.70. The minimum atomic E-state index is -2.42. The predicted octanol–water partition coefficient (Wildman–Crippen LogP) is 2.23. The lowest BCUT2D eigenvalue weighted by molar-refractivity contribution is -0.149. The second-order valence-corrected chi connectivity index (χ2v) is 5.23. The lowest BCUT2D eigenvalue weighted by Gasteiger charge is -2.18. The van der Waals surface area contributed by atoms with Crippen molar-refractivity contribution in [2.75, 3.05) is 13.1 Å². The molecule has 0 aliphatic carbocycles. The van der Waals surface area contributed by atoms with Crippen LogP contribution in [0.4, 0.5) is 8.78 Å². The van der Waals surface area contributed by atoms with Crippen molar-refractivity contribution in [3.05, 3.63) is 34.1 Å². The number of hydrogen-bond acceptors (Lipinski definition) is 2. The van der Waals surface area contributed by atoms with Gasteiger partial charge in [-0.2, -0.15) is 0 Å². The molecule has 1 aromatic carbocycles. The van der Waals surface area contributed by atoms with Crippen molar-refractivity contribution in [2.45, 2.75) is 12.1 Å².